The van der Waals surface area contributed by atoms with Gasteiger partial charge in [-0.3, -0.25) is 4.18 Å². The predicted octanol–water partition coefficient (Wildman–Crippen LogP) is 1.38. The molecule has 0 saturated carbocycles. The first-order chi connectivity index (χ1) is 4.48. The highest BCUT2D eigenvalue weighted by molar-refractivity contribution is 7.74. The second-order valence-corrected chi connectivity index (χ2v) is 3.37. The molecule has 3 nitrogen and oxygen atoms in total. The molecule has 0 amide bonds. The fraction of sp³-hybridized carbons (Fsp3) is 1.00. The third-order valence-electron chi connectivity index (χ3n) is 1.15. The Morgan fingerprint density at radius 3 is 2.40 bits per heavy atom. The molecule has 0 spiro atoms. The molecule has 4 heteroatoms. The highest BCUT2D eigenvalue weighted by Crippen LogP contribution is 2.16. The van der Waals surface area contributed by atoms with E-state index in [-0.39, 0.29) is 0 Å². The minimum absolute atomic E-state index is 0.540. The monoisotopic (exact) mass is 165 g/mol. The van der Waals surface area contributed by atoms with E-state index in [4.69, 9.17) is 0 Å². The molecule has 0 aliphatic heterocycles. The van der Waals surface area contributed by atoms with E-state index in [1.807, 2.05) is 6.92 Å². The van der Waals surface area contributed by atoms with Gasteiger partial charge in [-0.15, -0.1) is 0 Å². The fourth-order valence-corrected chi connectivity index (χ4v) is 1.28. The molecular weight excluding hydrogens is 152 g/mol. The van der Waals surface area contributed by atoms with E-state index in [2.05, 4.69) is 4.18 Å². The smallest absolute Gasteiger partial charge is 0.0847 e. The van der Waals surface area contributed by atoms with Crippen molar-refractivity contribution >= 4 is 11.4 Å². The summed E-state index contributed by atoms with van der Waals surface area (Å²) in [6.07, 6.45) is 1.67. The van der Waals surface area contributed by atoms with Gasteiger partial charge in [-0.25, -0.2) is 4.21 Å². The molecule has 0 aliphatic carbocycles. The molecular formula is C6H13O3S-. The van der Waals surface area contributed by atoms with Crippen LogP contribution in [-0.4, -0.2) is 14.4 Å². The van der Waals surface area contributed by atoms with Crippen molar-refractivity contribution in [2.24, 2.45) is 0 Å². The van der Waals surface area contributed by atoms with Crippen LogP contribution in [0.3, 0.4) is 0 Å². The average Bonchev–Trinajstić information content (AvgIpc) is 1.59. The van der Waals surface area contributed by atoms with Crippen molar-refractivity contribution < 1.29 is 12.9 Å². The van der Waals surface area contributed by atoms with Gasteiger partial charge in [-0.2, -0.15) is 0 Å². The number of rotatable bonds is 4. The van der Waals surface area contributed by atoms with Crippen LogP contribution < -0.4 is 0 Å². The van der Waals surface area contributed by atoms with E-state index in [1.54, 1.807) is 13.8 Å². The third kappa shape index (κ3) is 4.90. The summed E-state index contributed by atoms with van der Waals surface area (Å²) in [5, 5.41) is 0. The molecule has 0 bridgehead atoms. The lowest BCUT2D eigenvalue weighted by Gasteiger charge is -2.24. The van der Waals surface area contributed by atoms with Gasteiger partial charge in [0, 0.05) is 0 Å². The maximum absolute atomic E-state index is 10.1. The minimum atomic E-state index is -2.39. The highest BCUT2D eigenvalue weighted by atomic mass is 32.2. The standard InChI is InChI=1S/C6H14O3S/c1-4-5-6(2,3)9-10(7)8/h4-5H2,1-3H3,(H,7,8)/p-1. The SMILES string of the molecule is CCCC(C)(C)OS(=O)[O-]. The molecule has 0 radical (unpaired) electrons. The molecule has 0 rings (SSSR count). The van der Waals surface area contributed by atoms with Crippen LogP contribution in [0.4, 0.5) is 0 Å². The summed E-state index contributed by atoms with van der Waals surface area (Å²) < 4.78 is 24.7. The van der Waals surface area contributed by atoms with Crippen LogP contribution in [0.25, 0.3) is 0 Å². The lowest BCUT2D eigenvalue weighted by Crippen LogP contribution is -2.24. The summed E-state index contributed by atoms with van der Waals surface area (Å²) in [7, 11) is 0. The zero-order valence-corrected chi connectivity index (χ0v) is 7.36. The summed E-state index contributed by atoms with van der Waals surface area (Å²) in [6, 6.07) is 0. The second kappa shape index (κ2) is 4.05. The van der Waals surface area contributed by atoms with E-state index in [1.165, 1.54) is 0 Å². The molecule has 10 heavy (non-hydrogen) atoms. The fourth-order valence-electron chi connectivity index (χ4n) is 0.828. The van der Waals surface area contributed by atoms with Gasteiger partial charge in [0.2, 0.25) is 0 Å². The summed E-state index contributed by atoms with van der Waals surface area (Å²) >= 11 is -2.39. The zero-order chi connectivity index (χ0) is 8.20. The van der Waals surface area contributed by atoms with Gasteiger partial charge >= 0.3 is 0 Å². The topological polar surface area (TPSA) is 49.4 Å². The van der Waals surface area contributed by atoms with Crippen molar-refractivity contribution in [2.75, 3.05) is 0 Å². The van der Waals surface area contributed by atoms with Gasteiger partial charge < -0.3 is 4.55 Å². The van der Waals surface area contributed by atoms with Crippen molar-refractivity contribution in [1.82, 2.24) is 0 Å². The van der Waals surface area contributed by atoms with Gasteiger partial charge in [0.15, 0.2) is 0 Å². The van der Waals surface area contributed by atoms with Gasteiger partial charge in [-0.05, 0) is 20.3 Å². The summed E-state index contributed by atoms with van der Waals surface area (Å²) in [5.41, 5.74) is -0.540. The summed E-state index contributed by atoms with van der Waals surface area (Å²) in [6.45, 7) is 5.50. The minimum Gasteiger partial charge on any atom is -0.750 e. The maximum Gasteiger partial charge on any atom is 0.0847 e. The number of hydrogen-bond donors (Lipinski definition) is 0. The Balaban J connectivity index is 3.74. The predicted molar refractivity (Wildman–Crippen MR) is 39.0 cm³/mol. The van der Waals surface area contributed by atoms with Gasteiger partial charge in [0.25, 0.3) is 0 Å². The first-order valence-electron chi connectivity index (χ1n) is 3.26. The molecule has 1 unspecified atom stereocenters. The van der Waals surface area contributed by atoms with Crippen LogP contribution in [0, 0.1) is 0 Å². The van der Waals surface area contributed by atoms with E-state index >= 15 is 0 Å². The van der Waals surface area contributed by atoms with Gasteiger partial charge in [0.1, 0.15) is 0 Å². The normalized spacial score (nSPS) is 15.2. The average molecular weight is 165 g/mol. The Kier molecular flexibility index (Phi) is 4.08. The second-order valence-electron chi connectivity index (χ2n) is 2.80. The third-order valence-corrected chi connectivity index (χ3v) is 1.73. The molecule has 0 aromatic rings. The van der Waals surface area contributed by atoms with Crippen molar-refractivity contribution in [3.05, 3.63) is 0 Å². The van der Waals surface area contributed by atoms with Crippen LogP contribution in [-0.2, 0) is 15.5 Å². The number of hydrogen-bond acceptors (Lipinski definition) is 3. The summed E-state index contributed by atoms with van der Waals surface area (Å²) in [5.74, 6) is 0. The van der Waals surface area contributed by atoms with Crippen LogP contribution in [0.2, 0.25) is 0 Å². The van der Waals surface area contributed by atoms with Gasteiger partial charge in [-0.1, -0.05) is 13.3 Å². The van der Waals surface area contributed by atoms with Gasteiger partial charge in [0.05, 0.1) is 17.0 Å². The Hall–Kier alpha value is 0.0700. The Labute approximate surface area is 64.3 Å². The van der Waals surface area contributed by atoms with E-state index in [0.717, 1.165) is 12.8 Å². The molecule has 1 atom stereocenters. The molecule has 0 saturated heterocycles. The molecule has 0 heterocycles. The Morgan fingerprint density at radius 2 is 2.10 bits per heavy atom. The first kappa shape index (κ1) is 10.1. The lowest BCUT2D eigenvalue weighted by atomic mass is 10.0. The van der Waals surface area contributed by atoms with Crippen LogP contribution in [0.5, 0.6) is 0 Å². The molecule has 0 aromatic carbocycles. The van der Waals surface area contributed by atoms with Crippen molar-refractivity contribution in [2.45, 2.75) is 39.2 Å². The van der Waals surface area contributed by atoms with Crippen molar-refractivity contribution in [1.29, 1.82) is 0 Å². The molecule has 0 fully saturated rings. The van der Waals surface area contributed by atoms with E-state index < -0.39 is 17.0 Å². The van der Waals surface area contributed by atoms with Crippen molar-refractivity contribution in [3.63, 3.8) is 0 Å². The van der Waals surface area contributed by atoms with Crippen molar-refractivity contribution in [3.8, 4) is 0 Å². The van der Waals surface area contributed by atoms with Crippen LogP contribution in [0.1, 0.15) is 33.6 Å². The lowest BCUT2D eigenvalue weighted by molar-refractivity contribution is 0.102. The van der Waals surface area contributed by atoms with E-state index in [0.29, 0.717) is 0 Å². The quantitative estimate of drug-likeness (QED) is 0.591. The summed E-state index contributed by atoms with van der Waals surface area (Å²) in [4.78, 5) is 0. The molecule has 0 aliphatic rings. The highest BCUT2D eigenvalue weighted by Gasteiger charge is 2.17. The Bertz CT molecular complexity index is 122. The van der Waals surface area contributed by atoms with E-state index in [9.17, 15) is 8.76 Å². The Morgan fingerprint density at radius 1 is 1.60 bits per heavy atom. The molecule has 62 valence electrons. The molecule has 0 N–H and O–H groups in total. The van der Waals surface area contributed by atoms with Crippen LogP contribution >= 0.6 is 0 Å². The largest absolute Gasteiger partial charge is 0.750 e. The first-order valence-corrected chi connectivity index (χ1v) is 4.26. The molecule has 0 aromatic heterocycles. The van der Waals surface area contributed by atoms with Crippen LogP contribution in [0.15, 0.2) is 0 Å². The zero-order valence-electron chi connectivity index (χ0n) is 6.55. The maximum atomic E-state index is 10.1.